The maximum Gasteiger partial charge on any atom is 0.302 e. The highest BCUT2D eigenvalue weighted by molar-refractivity contribution is 6.03. The zero-order chi connectivity index (χ0) is 18.7. The summed E-state index contributed by atoms with van der Waals surface area (Å²) in [5, 5.41) is 33.6. The van der Waals surface area contributed by atoms with Crippen LogP contribution in [0, 0.1) is 14.7 Å². The monoisotopic (exact) mass is 346 g/mol. The number of anilines is 3. The van der Waals surface area contributed by atoms with Crippen molar-refractivity contribution < 1.29 is 25.2 Å². The van der Waals surface area contributed by atoms with Gasteiger partial charge in [-0.1, -0.05) is 0 Å². The van der Waals surface area contributed by atoms with Crippen molar-refractivity contribution in [3.8, 4) is 0 Å². The largest absolute Gasteiger partial charge is 0.466 e. The van der Waals surface area contributed by atoms with Crippen molar-refractivity contribution in [3.63, 3.8) is 0 Å². The van der Waals surface area contributed by atoms with Gasteiger partial charge in [-0.3, -0.25) is 36.9 Å². The molecule has 0 saturated heterocycles. The fourth-order valence-electron chi connectivity index (χ4n) is 1.51. The Hall–Kier alpha value is -3.23. The zero-order valence-corrected chi connectivity index (χ0v) is 12.4. The number of carbonyl (C=O) groups is 1. The third-order valence-electron chi connectivity index (χ3n) is 2.38. The molecular formula is C10H14N6O8. The van der Waals surface area contributed by atoms with Crippen LogP contribution in [0.5, 0.6) is 0 Å². The van der Waals surface area contributed by atoms with Crippen LogP contribution in [0.1, 0.15) is 13.8 Å². The molecule has 0 aromatic heterocycles. The first-order chi connectivity index (χ1) is 11.5. The van der Waals surface area contributed by atoms with Crippen molar-refractivity contribution in [2.24, 2.45) is 15.5 Å². The smallest absolute Gasteiger partial charge is 0.302 e. The summed E-state index contributed by atoms with van der Waals surface area (Å²) in [7, 11) is 0. The van der Waals surface area contributed by atoms with Crippen molar-refractivity contribution >= 4 is 40.1 Å². The molecule has 0 atom stereocenters. The van der Waals surface area contributed by atoms with Crippen LogP contribution < -0.4 is 16.4 Å². The number of carbonyl (C=O) groups excluding carboxylic acids is 1. The van der Waals surface area contributed by atoms with Gasteiger partial charge in [0, 0.05) is 6.92 Å². The molecule has 132 valence electrons. The van der Waals surface area contributed by atoms with E-state index in [1.807, 2.05) is 0 Å². The quantitative estimate of drug-likeness (QED) is 0.240. The Labute approximate surface area is 133 Å². The number of esters is 1. The van der Waals surface area contributed by atoms with Crippen LogP contribution in [0.25, 0.3) is 0 Å². The van der Waals surface area contributed by atoms with Crippen molar-refractivity contribution in [1.29, 1.82) is 0 Å². The third-order valence-corrected chi connectivity index (χ3v) is 2.38. The summed E-state index contributed by atoms with van der Waals surface area (Å²) in [4.78, 5) is 41.6. The van der Waals surface area contributed by atoms with E-state index in [1.165, 1.54) is 23.4 Å². The predicted molar refractivity (Wildman–Crippen MR) is 81.3 cm³/mol. The average Bonchev–Trinajstić information content (AvgIpc) is 2.58. The average molecular weight is 346 g/mol. The number of nitrogens with zero attached hydrogens (tertiary/aromatic N) is 3. The van der Waals surface area contributed by atoms with Crippen molar-refractivity contribution in [3.05, 3.63) is 14.7 Å². The molecule has 0 radical (unpaired) electrons. The van der Waals surface area contributed by atoms with E-state index in [0.717, 1.165) is 0 Å². The van der Waals surface area contributed by atoms with Gasteiger partial charge < -0.3 is 4.74 Å². The van der Waals surface area contributed by atoms with Gasteiger partial charge in [0.05, 0.1) is 6.61 Å². The summed E-state index contributed by atoms with van der Waals surface area (Å²) in [6, 6.07) is 0. The number of hydrogen-bond donors (Lipinski definition) is 6. The van der Waals surface area contributed by atoms with Crippen LogP contribution in [0.3, 0.4) is 0 Å². The van der Waals surface area contributed by atoms with E-state index in [9.17, 15) is 19.5 Å². The van der Waals surface area contributed by atoms with E-state index in [0.29, 0.717) is 6.61 Å². The van der Waals surface area contributed by atoms with Crippen LogP contribution in [-0.2, 0) is 9.53 Å². The fourth-order valence-corrected chi connectivity index (χ4v) is 1.51. The zero-order valence-electron chi connectivity index (χ0n) is 12.4. The summed E-state index contributed by atoms with van der Waals surface area (Å²) in [5.74, 6) is -0.211. The van der Waals surface area contributed by atoms with Crippen molar-refractivity contribution in [1.82, 2.24) is 0 Å². The maximum absolute atomic E-state index is 10.6. The Bertz CT molecular complexity index is 529. The Kier molecular flexibility index (Phi) is 9.08. The number of nitroso groups, excluding NO2 is 3. The van der Waals surface area contributed by atoms with Gasteiger partial charge in [-0.15, -0.1) is 14.7 Å². The molecule has 24 heavy (non-hydrogen) atoms. The molecule has 14 nitrogen and oxygen atoms in total. The molecular weight excluding hydrogens is 332 g/mol. The van der Waals surface area contributed by atoms with Gasteiger partial charge >= 0.3 is 5.97 Å². The Morgan fingerprint density at radius 3 is 1.25 bits per heavy atom. The maximum atomic E-state index is 10.6. The van der Waals surface area contributed by atoms with Crippen LogP contribution in [0.4, 0.5) is 34.1 Å². The van der Waals surface area contributed by atoms with Crippen LogP contribution in [0.15, 0.2) is 15.5 Å². The number of ether oxygens (including phenoxy) is 1. The van der Waals surface area contributed by atoms with E-state index in [1.54, 1.807) is 6.92 Å². The van der Waals surface area contributed by atoms with E-state index < -0.39 is 34.1 Å². The number of benzene rings is 1. The second kappa shape index (κ2) is 10.5. The van der Waals surface area contributed by atoms with Crippen molar-refractivity contribution in [2.45, 2.75) is 13.8 Å². The minimum Gasteiger partial charge on any atom is -0.466 e. The fraction of sp³-hybridized carbons (Fsp3) is 0.300. The molecule has 1 aromatic carbocycles. The summed E-state index contributed by atoms with van der Waals surface area (Å²) >= 11 is 0. The third kappa shape index (κ3) is 4.63. The molecule has 0 fully saturated rings. The molecule has 0 spiro atoms. The molecule has 0 aliphatic rings. The lowest BCUT2D eigenvalue weighted by atomic mass is 10.1. The van der Waals surface area contributed by atoms with Gasteiger partial charge in [0.2, 0.25) is 0 Å². The van der Waals surface area contributed by atoms with Gasteiger partial charge in [-0.05, 0) is 22.5 Å². The first kappa shape index (κ1) is 20.8. The second-order valence-electron chi connectivity index (χ2n) is 3.70. The van der Waals surface area contributed by atoms with Gasteiger partial charge in [0.15, 0.2) is 17.1 Å². The molecule has 0 unspecified atom stereocenters. The summed E-state index contributed by atoms with van der Waals surface area (Å²) in [6.07, 6.45) is 0. The standard InChI is InChI=1S/C6H6N6O6.C4H8O2/c13-7-1-2(8-14)4(10-16)6(12-18)5(11-17)3(1)9-15;1-3-6-4(2)5/h7,10-11,13,16-17H;3H2,1-2H3. The topological polar surface area (TPSA) is 211 Å². The number of rotatable bonds is 7. The normalized spacial score (nSPS) is 9.04. The Morgan fingerprint density at radius 2 is 1.17 bits per heavy atom. The molecule has 6 N–H and O–H groups in total. The molecule has 1 rings (SSSR count). The molecule has 0 heterocycles. The van der Waals surface area contributed by atoms with E-state index in [4.69, 9.17) is 15.6 Å². The lowest BCUT2D eigenvalue weighted by molar-refractivity contribution is -0.140. The Balaban J connectivity index is 0.000000754. The van der Waals surface area contributed by atoms with Gasteiger partial charge in [-0.25, -0.2) is 0 Å². The molecule has 0 bridgehead atoms. The molecule has 0 amide bonds. The lowest BCUT2D eigenvalue weighted by Crippen LogP contribution is -2.01. The predicted octanol–water partition coefficient (Wildman–Crippen LogP) is 2.85. The number of nitrogens with one attached hydrogen (secondary N) is 3. The molecule has 0 aliphatic heterocycles. The van der Waals surface area contributed by atoms with Crippen LogP contribution >= 0.6 is 0 Å². The summed E-state index contributed by atoms with van der Waals surface area (Å²) < 4.78 is 4.40. The number of hydrogen-bond acceptors (Lipinski definition) is 14. The van der Waals surface area contributed by atoms with Gasteiger partial charge in [0.1, 0.15) is 17.1 Å². The minimum absolute atomic E-state index is 0.211. The summed E-state index contributed by atoms with van der Waals surface area (Å²) in [6.45, 7) is 3.65. The first-order valence-electron chi connectivity index (χ1n) is 6.04. The SMILES string of the molecule is CCOC(C)=O.O=Nc1c(NO)c(N=O)c(NO)c(N=O)c1NO. The molecule has 0 saturated carbocycles. The van der Waals surface area contributed by atoms with Crippen LogP contribution in [-0.4, -0.2) is 28.2 Å². The Morgan fingerprint density at radius 1 is 0.875 bits per heavy atom. The molecule has 0 aliphatic carbocycles. The van der Waals surface area contributed by atoms with E-state index >= 15 is 0 Å². The highest BCUT2D eigenvalue weighted by atomic mass is 16.5. The van der Waals surface area contributed by atoms with Gasteiger partial charge in [0.25, 0.3) is 0 Å². The highest BCUT2D eigenvalue weighted by Crippen LogP contribution is 2.53. The first-order valence-corrected chi connectivity index (χ1v) is 6.04. The minimum atomic E-state index is -0.733. The molecule has 14 heteroatoms. The lowest BCUT2D eigenvalue weighted by Gasteiger charge is -2.14. The van der Waals surface area contributed by atoms with E-state index in [-0.39, 0.29) is 5.97 Å². The molecule has 1 aromatic rings. The second-order valence-corrected chi connectivity index (χ2v) is 3.70. The highest BCUT2D eigenvalue weighted by Gasteiger charge is 2.26. The van der Waals surface area contributed by atoms with E-state index in [2.05, 4.69) is 20.3 Å². The summed E-state index contributed by atoms with van der Waals surface area (Å²) in [5.41, 5.74) is 0.185. The van der Waals surface area contributed by atoms with Crippen molar-refractivity contribution in [2.75, 3.05) is 23.0 Å². The van der Waals surface area contributed by atoms with Crippen LogP contribution in [0.2, 0.25) is 0 Å². The van der Waals surface area contributed by atoms with Gasteiger partial charge in [-0.2, -0.15) is 0 Å².